The first-order valence-electron chi connectivity index (χ1n) is 6.54. The van der Waals surface area contributed by atoms with Gasteiger partial charge in [-0.3, -0.25) is 4.90 Å². The topological polar surface area (TPSA) is 23.5 Å². The van der Waals surface area contributed by atoms with Crippen LogP contribution in [0.15, 0.2) is 23.1 Å². The van der Waals surface area contributed by atoms with Crippen molar-refractivity contribution in [2.24, 2.45) is 5.92 Å². The minimum Gasteiger partial charge on any atom is -0.395 e. The molecular formula is C14H19Cl2NOS. The number of hydrogen-bond acceptors (Lipinski definition) is 3. The first-order chi connectivity index (χ1) is 9.11. The number of hydrogen-bond donors (Lipinski definition) is 1. The highest BCUT2D eigenvalue weighted by atomic mass is 35.5. The minimum atomic E-state index is 0.254. The number of benzene rings is 1. The van der Waals surface area contributed by atoms with E-state index in [1.54, 1.807) is 17.8 Å². The summed E-state index contributed by atoms with van der Waals surface area (Å²) < 4.78 is 0. The summed E-state index contributed by atoms with van der Waals surface area (Å²) in [6.07, 6.45) is 1.17. The van der Waals surface area contributed by atoms with Crippen LogP contribution in [0.2, 0.25) is 10.0 Å². The van der Waals surface area contributed by atoms with Crippen molar-refractivity contribution in [3.8, 4) is 0 Å². The molecule has 0 saturated carbocycles. The minimum absolute atomic E-state index is 0.254. The zero-order valence-corrected chi connectivity index (χ0v) is 13.3. The molecule has 2 nitrogen and oxygen atoms in total. The fourth-order valence-electron chi connectivity index (χ4n) is 2.52. The largest absolute Gasteiger partial charge is 0.395 e. The van der Waals surface area contributed by atoms with Crippen LogP contribution in [0, 0.1) is 5.92 Å². The maximum atomic E-state index is 9.42. The number of aliphatic hydroxyl groups is 1. The highest BCUT2D eigenvalue weighted by Gasteiger charge is 2.29. The van der Waals surface area contributed by atoms with Crippen LogP contribution in [0.5, 0.6) is 0 Å². The van der Waals surface area contributed by atoms with Gasteiger partial charge in [0.15, 0.2) is 0 Å². The summed E-state index contributed by atoms with van der Waals surface area (Å²) in [5.41, 5.74) is 0. The molecule has 2 atom stereocenters. The van der Waals surface area contributed by atoms with Crippen molar-refractivity contribution in [1.29, 1.82) is 0 Å². The maximum absolute atomic E-state index is 9.42. The molecule has 1 heterocycles. The number of nitrogens with zero attached hydrogens (tertiary/aromatic N) is 1. The molecule has 2 unspecified atom stereocenters. The van der Waals surface area contributed by atoms with E-state index < -0.39 is 0 Å². The van der Waals surface area contributed by atoms with Crippen molar-refractivity contribution in [3.05, 3.63) is 28.2 Å². The lowest BCUT2D eigenvalue weighted by Gasteiger charge is -2.24. The zero-order valence-electron chi connectivity index (χ0n) is 11.0. The molecule has 0 amide bonds. The lowest BCUT2D eigenvalue weighted by atomic mass is 10.0. The summed E-state index contributed by atoms with van der Waals surface area (Å²) in [6.45, 7) is 4.52. The molecule has 0 aromatic heterocycles. The Bertz CT molecular complexity index is 430. The molecule has 1 aromatic rings. The van der Waals surface area contributed by atoms with Crippen molar-refractivity contribution >= 4 is 35.0 Å². The number of thioether (sulfide) groups is 1. The van der Waals surface area contributed by atoms with Crippen LogP contribution in [-0.4, -0.2) is 41.5 Å². The Balaban J connectivity index is 1.85. The lowest BCUT2D eigenvalue weighted by molar-refractivity contribution is 0.145. The summed E-state index contributed by atoms with van der Waals surface area (Å²) in [6, 6.07) is 5.86. The van der Waals surface area contributed by atoms with Crippen LogP contribution in [0.3, 0.4) is 0 Å². The summed E-state index contributed by atoms with van der Waals surface area (Å²) in [4.78, 5) is 3.40. The Hall–Kier alpha value is 0.0700. The monoisotopic (exact) mass is 319 g/mol. The average molecular weight is 320 g/mol. The molecule has 1 N–H and O–H groups in total. The van der Waals surface area contributed by atoms with Gasteiger partial charge in [0.2, 0.25) is 0 Å². The van der Waals surface area contributed by atoms with E-state index in [4.69, 9.17) is 23.2 Å². The molecule has 1 fully saturated rings. The molecule has 0 spiro atoms. The van der Waals surface area contributed by atoms with Gasteiger partial charge in [0.05, 0.1) is 11.6 Å². The standard InChI is InChI=1S/C14H19Cl2NOS/c1-10-4-5-17(13(10)9-18)6-7-19-14-8-11(15)2-3-12(14)16/h2-3,8,10,13,18H,4-7,9H2,1H3. The summed E-state index contributed by atoms with van der Waals surface area (Å²) >= 11 is 13.8. The highest BCUT2D eigenvalue weighted by molar-refractivity contribution is 7.99. The fraction of sp³-hybridized carbons (Fsp3) is 0.571. The van der Waals surface area contributed by atoms with Crippen LogP contribution in [0.25, 0.3) is 0 Å². The van der Waals surface area contributed by atoms with Crippen molar-refractivity contribution in [2.75, 3.05) is 25.4 Å². The van der Waals surface area contributed by atoms with Gasteiger partial charge in [0.25, 0.3) is 0 Å². The molecule has 1 aliphatic rings. The van der Waals surface area contributed by atoms with Crippen molar-refractivity contribution in [1.82, 2.24) is 4.90 Å². The van der Waals surface area contributed by atoms with E-state index in [1.165, 1.54) is 6.42 Å². The molecule has 0 radical (unpaired) electrons. The van der Waals surface area contributed by atoms with Crippen LogP contribution in [0.4, 0.5) is 0 Å². The molecule has 1 aliphatic heterocycles. The second-order valence-electron chi connectivity index (χ2n) is 4.98. The molecular weight excluding hydrogens is 301 g/mol. The molecule has 1 aromatic carbocycles. The smallest absolute Gasteiger partial charge is 0.0589 e. The van der Waals surface area contributed by atoms with Crippen LogP contribution in [0.1, 0.15) is 13.3 Å². The predicted octanol–water partition coefficient (Wildman–Crippen LogP) is 3.79. The van der Waals surface area contributed by atoms with Gasteiger partial charge >= 0.3 is 0 Å². The zero-order chi connectivity index (χ0) is 13.8. The molecule has 1 saturated heterocycles. The predicted molar refractivity (Wildman–Crippen MR) is 83.4 cm³/mol. The van der Waals surface area contributed by atoms with E-state index >= 15 is 0 Å². The normalized spacial score (nSPS) is 24.0. The van der Waals surface area contributed by atoms with E-state index in [9.17, 15) is 5.11 Å². The Morgan fingerprint density at radius 2 is 2.21 bits per heavy atom. The first-order valence-corrected chi connectivity index (χ1v) is 8.28. The van der Waals surface area contributed by atoms with Gasteiger partial charge in [-0.2, -0.15) is 0 Å². The maximum Gasteiger partial charge on any atom is 0.0589 e. The number of likely N-dealkylation sites (tertiary alicyclic amines) is 1. The van der Waals surface area contributed by atoms with Gasteiger partial charge in [0, 0.05) is 28.3 Å². The summed E-state index contributed by atoms with van der Waals surface area (Å²) in [7, 11) is 0. The van der Waals surface area contributed by atoms with Gasteiger partial charge in [-0.05, 0) is 37.1 Å². The molecule has 0 bridgehead atoms. The average Bonchev–Trinajstić information content (AvgIpc) is 2.74. The Morgan fingerprint density at radius 1 is 1.42 bits per heavy atom. The number of rotatable bonds is 5. The van der Waals surface area contributed by atoms with Gasteiger partial charge in [0.1, 0.15) is 0 Å². The first kappa shape index (κ1) is 15.5. The fourth-order valence-corrected chi connectivity index (χ4v) is 4.00. The lowest BCUT2D eigenvalue weighted by Crippen LogP contribution is -2.36. The van der Waals surface area contributed by atoms with Crippen LogP contribution in [-0.2, 0) is 0 Å². The van der Waals surface area contributed by atoms with Crippen LogP contribution < -0.4 is 0 Å². The highest BCUT2D eigenvalue weighted by Crippen LogP contribution is 2.30. The van der Waals surface area contributed by atoms with Gasteiger partial charge in [-0.25, -0.2) is 0 Å². The third-order valence-corrected chi connectivity index (χ3v) is 5.43. The quantitative estimate of drug-likeness (QED) is 0.835. The second-order valence-corrected chi connectivity index (χ2v) is 6.96. The third-order valence-electron chi connectivity index (χ3n) is 3.71. The van der Waals surface area contributed by atoms with E-state index in [2.05, 4.69) is 11.8 Å². The van der Waals surface area contributed by atoms with E-state index in [1.807, 2.05) is 12.1 Å². The van der Waals surface area contributed by atoms with Crippen molar-refractivity contribution in [3.63, 3.8) is 0 Å². The molecule has 19 heavy (non-hydrogen) atoms. The van der Waals surface area contributed by atoms with Gasteiger partial charge in [-0.1, -0.05) is 30.1 Å². The Morgan fingerprint density at radius 3 is 2.95 bits per heavy atom. The molecule has 5 heteroatoms. The van der Waals surface area contributed by atoms with E-state index in [0.29, 0.717) is 12.0 Å². The summed E-state index contributed by atoms with van der Waals surface area (Å²) in [5.74, 6) is 1.55. The van der Waals surface area contributed by atoms with Crippen molar-refractivity contribution in [2.45, 2.75) is 24.3 Å². The third kappa shape index (κ3) is 4.02. The molecule has 0 aliphatic carbocycles. The molecule has 2 rings (SSSR count). The Kier molecular flexibility index (Phi) is 5.85. The SMILES string of the molecule is CC1CCN(CCSc2cc(Cl)ccc2Cl)C1CO. The van der Waals surface area contributed by atoms with E-state index in [0.717, 1.165) is 33.8 Å². The van der Waals surface area contributed by atoms with E-state index in [-0.39, 0.29) is 6.61 Å². The van der Waals surface area contributed by atoms with Gasteiger partial charge in [-0.15, -0.1) is 11.8 Å². The number of aliphatic hydroxyl groups excluding tert-OH is 1. The van der Waals surface area contributed by atoms with Crippen molar-refractivity contribution < 1.29 is 5.11 Å². The Labute approximate surface area is 129 Å². The summed E-state index contributed by atoms with van der Waals surface area (Å²) in [5, 5.41) is 10.9. The van der Waals surface area contributed by atoms with Crippen LogP contribution >= 0.6 is 35.0 Å². The molecule has 106 valence electrons. The second kappa shape index (κ2) is 7.19. The van der Waals surface area contributed by atoms with Gasteiger partial charge < -0.3 is 5.11 Å². The number of halogens is 2.